The molecule has 0 amide bonds. The highest BCUT2D eigenvalue weighted by molar-refractivity contribution is 5.36. The van der Waals surface area contributed by atoms with Gasteiger partial charge in [0.1, 0.15) is 11.4 Å². The molecule has 0 aromatic heterocycles. The summed E-state index contributed by atoms with van der Waals surface area (Å²) < 4.78 is 6.22. The van der Waals surface area contributed by atoms with Gasteiger partial charge in [0.15, 0.2) is 0 Å². The summed E-state index contributed by atoms with van der Waals surface area (Å²) in [6.07, 6.45) is 12.1. The van der Waals surface area contributed by atoms with Crippen molar-refractivity contribution in [2.24, 2.45) is 5.41 Å². The molecule has 1 aromatic carbocycles. The van der Waals surface area contributed by atoms with E-state index in [2.05, 4.69) is 34.9 Å². The van der Waals surface area contributed by atoms with Crippen LogP contribution in [0.5, 0.6) is 5.75 Å². The number of nitrogens with one attached hydrogen (secondary N) is 2. The normalized spacial score (nSPS) is 26.5. The number of hydrogen-bond acceptors (Lipinski definition) is 3. The lowest BCUT2D eigenvalue weighted by Crippen LogP contribution is -2.48. The van der Waals surface area contributed by atoms with E-state index in [0.29, 0.717) is 0 Å². The summed E-state index contributed by atoms with van der Waals surface area (Å²) in [5.41, 5.74) is 2.29. The second-order valence-electron chi connectivity index (χ2n) is 8.28. The van der Waals surface area contributed by atoms with E-state index in [4.69, 9.17) is 4.74 Å². The Morgan fingerprint density at radius 2 is 1.54 bits per heavy atom. The summed E-state index contributed by atoms with van der Waals surface area (Å²) >= 11 is 0. The maximum absolute atomic E-state index is 6.22. The quantitative estimate of drug-likeness (QED) is 0.762. The molecule has 1 aromatic rings. The Bertz CT molecular complexity index is 521. The maximum atomic E-state index is 6.22. The molecule has 3 fully saturated rings. The molecule has 2 spiro atoms. The molecule has 3 heteroatoms. The van der Waals surface area contributed by atoms with E-state index in [1.807, 2.05) is 0 Å². The van der Waals surface area contributed by atoms with Crippen molar-refractivity contribution in [1.29, 1.82) is 0 Å². The first-order valence-corrected chi connectivity index (χ1v) is 9.98. The van der Waals surface area contributed by atoms with Crippen molar-refractivity contribution in [3.63, 3.8) is 0 Å². The van der Waals surface area contributed by atoms with Crippen LogP contribution in [0, 0.1) is 5.41 Å². The molecule has 24 heavy (non-hydrogen) atoms. The lowest BCUT2D eigenvalue weighted by Gasteiger charge is -2.41. The van der Waals surface area contributed by atoms with Crippen molar-refractivity contribution in [2.45, 2.75) is 63.4 Å². The van der Waals surface area contributed by atoms with Gasteiger partial charge >= 0.3 is 0 Å². The summed E-state index contributed by atoms with van der Waals surface area (Å²) in [6.45, 7) is 4.79. The predicted molar refractivity (Wildman–Crippen MR) is 98.6 cm³/mol. The summed E-state index contributed by atoms with van der Waals surface area (Å²) in [4.78, 5) is 0. The second-order valence-corrected chi connectivity index (χ2v) is 8.28. The van der Waals surface area contributed by atoms with Crippen LogP contribution < -0.4 is 15.4 Å². The molecule has 3 heterocycles. The van der Waals surface area contributed by atoms with E-state index in [1.54, 1.807) is 0 Å². The zero-order chi connectivity index (χ0) is 16.3. The zero-order valence-electron chi connectivity index (χ0n) is 14.9. The highest BCUT2D eigenvalue weighted by Crippen LogP contribution is 2.42. The highest BCUT2D eigenvalue weighted by atomic mass is 16.5. The zero-order valence-corrected chi connectivity index (χ0v) is 14.9. The first-order chi connectivity index (χ1) is 11.8. The summed E-state index contributed by atoms with van der Waals surface area (Å²) in [5, 5.41) is 6.86. The third-order valence-corrected chi connectivity index (χ3v) is 6.66. The number of piperidine rings is 1. The smallest absolute Gasteiger partial charge is 0.123 e. The fourth-order valence-corrected chi connectivity index (χ4v) is 5.04. The molecule has 1 aliphatic carbocycles. The first kappa shape index (κ1) is 16.4. The number of para-hydroxylation sites is 1. The fourth-order valence-electron chi connectivity index (χ4n) is 5.04. The van der Waals surface area contributed by atoms with Gasteiger partial charge in [0.05, 0.1) is 0 Å². The molecule has 5 rings (SSSR count). The van der Waals surface area contributed by atoms with Crippen LogP contribution in [0.3, 0.4) is 0 Å². The van der Waals surface area contributed by atoms with Crippen LogP contribution in [0.4, 0.5) is 0 Å². The average Bonchev–Trinajstić information content (AvgIpc) is 3.29. The van der Waals surface area contributed by atoms with E-state index in [-0.39, 0.29) is 5.60 Å². The SMILES string of the molecule is C1CCC2(C1)CCNC2.c1ccc2c(c1)CCC1(CCNCC1)O2. The van der Waals surface area contributed by atoms with Crippen molar-refractivity contribution >= 4 is 0 Å². The van der Waals surface area contributed by atoms with Crippen LogP contribution in [0.1, 0.15) is 56.9 Å². The largest absolute Gasteiger partial charge is 0.487 e. The Morgan fingerprint density at radius 3 is 2.29 bits per heavy atom. The van der Waals surface area contributed by atoms with Crippen LogP contribution in [0.15, 0.2) is 24.3 Å². The Kier molecular flexibility index (Phi) is 4.82. The van der Waals surface area contributed by atoms with Gasteiger partial charge < -0.3 is 15.4 Å². The molecule has 2 saturated heterocycles. The van der Waals surface area contributed by atoms with Crippen molar-refractivity contribution in [2.75, 3.05) is 26.2 Å². The number of aryl methyl sites for hydroxylation is 1. The van der Waals surface area contributed by atoms with Gasteiger partial charge in [0, 0.05) is 6.54 Å². The molecule has 132 valence electrons. The summed E-state index contributed by atoms with van der Waals surface area (Å²) in [6, 6.07) is 8.46. The second kappa shape index (κ2) is 7.05. The van der Waals surface area contributed by atoms with Crippen molar-refractivity contribution in [3.05, 3.63) is 29.8 Å². The van der Waals surface area contributed by atoms with E-state index in [1.165, 1.54) is 63.6 Å². The van der Waals surface area contributed by atoms with Gasteiger partial charge in [0.2, 0.25) is 0 Å². The van der Waals surface area contributed by atoms with Gasteiger partial charge in [-0.25, -0.2) is 0 Å². The minimum absolute atomic E-state index is 0.138. The third kappa shape index (κ3) is 3.48. The minimum atomic E-state index is 0.138. The molecule has 3 nitrogen and oxygen atoms in total. The third-order valence-electron chi connectivity index (χ3n) is 6.66. The number of benzene rings is 1. The van der Waals surface area contributed by atoms with Gasteiger partial charge in [0.25, 0.3) is 0 Å². The van der Waals surface area contributed by atoms with Gasteiger partial charge in [-0.2, -0.15) is 0 Å². The predicted octanol–water partition coefficient (Wildman–Crippen LogP) is 3.67. The minimum Gasteiger partial charge on any atom is -0.487 e. The molecule has 0 bridgehead atoms. The summed E-state index contributed by atoms with van der Waals surface area (Å²) in [7, 11) is 0. The van der Waals surface area contributed by atoms with Gasteiger partial charge in [-0.1, -0.05) is 31.0 Å². The highest BCUT2D eigenvalue weighted by Gasteiger charge is 2.37. The molecular weight excluding hydrogens is 296 g/mol. The number of fused-ring (bicyclic) bond motifs is 1. The van der Waals surface area contributed by atoms with Gasteiger partial charge in [-0.3, -0.25) is 0 Å². The van der Waals surface area contributed by atoms with Crippen LogP contribution in [0.2, 0.25) is 0 Å². The maximum Gasteiger partial charge on any atom is 0.123 e. The van der Waals surface area contributed by atoms with E-state index >= 15 is 0 Å². The molecule has 3 aliphatic heterocycles. The fraction of sp³-hybridized carbons (Fsp3) is 0.714. The monoisotopic (exact) mass is 328 g/mol. The van der Waals surface area contributed by atoms with Crippen molar-refractivity contribution in [1.82, 2.24) is 10.6 Å². The van der Waals surface area contributed by atoms with Gasteiger partial charge in [-0.15, -0.1) is 0 Å². The first-order valence-electron chi connectivity index (χ1n) is 9.98. The van der Waals surface area contributed by atoms with Crippen LogP contribution in [-0.4, -0.2) is 31.8 Å². The van der Waals surface area contributed by atoms with Gasteiger partial charge in [-0.05, 0) is 81.6 Å². The molecule has 2 N–H and O–H groups in total. The topological polar surface area (TPSA) is 33.3 Å². The van der Waals surface area contributed by atoms with Crippen LogP contribution in [0.25, 0.3) is 0 Å². The number of hydrogen-bond donors (Lipinski definition) is 2. The molecule has 0 unspecified atom stereocenters. The van der Waals surface area contributed by atoms with Crippen molar-refractivity contribution in [3.8, 4) is 5.75 Å². The summed E-state index contributed by atoms with van der Waals surface area (Å²) in [5.74, 6) is 1.12. The Balaban J connectivity index is 0.000000138. The average molecular weight is 329 g/mol. The Labute approximate surface area is 146 Å². The Morgan fingerprint density at radius 1 is 0.792 bits per heavy atom. The number of rotatable bonds is 0. The van der Waals surface area contributed by atoms with Crippen molar-refractivity contribution < 1.29 is 4.74 Å². The molecule has 0 radical (unpaired) electrons. The molecule has 1 saturated carbocycles. The lowest BCUT2D eigenvalue weighted by molar-refractivity contribution is 0.0170. The van der Waals surface area contributed by atoms with Crippen LogP contribution >= 0.6 is 0 Å². The van der Waals surface area contributed by atoms with E-state index in [9.17, 15) is 0 Å². The molecule has 4 aliphatic rings. The Hall–Kier alpha value is -1.06. The number of ether oxygens (including phenoxy) is 1. The van der Waals surface area contributed by atoms with E-state index < -0.39 is 0 Å². The lowest BCUT2D eigenvalue weighted by atomic mass is 9.84. The molecule has 0 atom stereocenters. The van der Waals surface area contributed by atoms with Crippen LogP contribution in [-0.2, 0) is 6.42 Å². The molecular formula is C21H32N2O. The van der Waals surface area contributed by atoms with E-state index in [0.717, 1.165) is 37.1 Å². The standard InChI is InChI=1S/C13H17NO.C8H15N/c1-2-4-12-11(3-1)5-6-13(15-12)7-9-14-10-8-13;1-2-4-8(3-1)5-6-9-7-8/h1-4,14H,5-10H2;9H,1-7H2.